The fourth-order valence-electron chi connectivity index (χ4n) is 1.30. The van der Waals surface area contributed by atoms with Crippen LogP contribution in [0.15, 0.2) is 24.3 Å². The molecule has 16 heavy (non-hydrogen) atoms. The van der Waals surface area contributed by atoms with Crippen molar-refractivity contribution in [1.82, 2.24) is 0 Å². The lowest BCUT2D eigenvalue weighted by Crippen LogP contribution is -2.07. The lowest BCUT2D eigenvalue weighted by atomic mass is 10.1. The van der Waals surface area contributed by atoms with Crippen molar-refractivity contribution in [1.29, 1.82) is 0 Å². The summed E-state index contributed by atoms with van der Waals surface area (Å²) in [5, 5.41) is 8.93. The molecule has 0 aliphatic carbocycles. The predicted molar refractivity (Wildman–Crippen MR) is 59.6 cm³/mol. The quantitative estimate of drug-likeness (QED) is 0.719. The number of carbonyl (C=O) groups is 1. The van der Waals surface area contributed by atoms with Crippen molar-refractivity contribution in [2.45, 2.75) is 13.5 Å². The van der Waals surface area contributed by atoms with Crippen LogP contribution in [0.1, 0.15) is 22.8 Å². The van der Waals surface area contributed by atoms with E-state index in [1.54, 1.807) is 24.3 Å². The van der Waals surface area contributed by atoms with Gasteiger partial charge in [0.15, 0.2) is 0 Å². The van der Waals surface area contributed by atoms with E-state index in [0.29, 0.717) is 37.6 Å². The van der Waals surface area contributed by atoms with Gasteiger partial charge in [0.2, 0.25) is 0 Å². The molecule has 0 saturated carbocycles. The topological polar surface area (TPSA) is 55.8 Å². The molecule has 0 unspecified atom stereocenters. The summed E-state index contributed by atoms with van der Waals surface area (Å²) in [4.78, 5) is 10.9. The minimum absolute atomic E-state index is 0.291. The van der Waals surface area contributed by atoms with Gasteiger partial charge in [0.05, 0.1) is 25.4 Å². The highest BCUT2D eigenvalue weighted by Gasteiger charge is 2.08. The summed E-state index contributed by atoms with van der Waals surface area (Å²) in [6, 6.07) is 6.83. The van der Waals surface area contributed by atoms with Gasteiger partial charge in [-0.05, 0) is 18.6 Å². The smallest absolute Gasteiger partial charge is 0.336 e. The van der Waals surface area contributed by atoms with Gasteiger partial charge in [0.25, 0.3) is 0 Å². The molecule has 0 atom stereocenters. The molecule has 0 heterocycles. The van der Waals surface area contributed by atoms with Crippen LogP contribution in [0.25, 0.3) is 0 Å². The molecule has 4 heteroatoms. The molecule has 1 aromatic rings. The molecule has 0 aromatic heterocycles. The van der Waals surface area contributed by atoms with Gasteiger partial charge in [-0.15, -0.1) is 0 Å². The van der Waals surface area contributed by atoms with Gasteiger partial charge in [0, 0.05) is 6.61 Å². The Balaban J connectivity index is 2.44. The molecule has 4 nitrogen and oxygen atoms in total. The first-order valence-corrected chi connectivity index (χ1v) is 5.22. The van der Waals surface area contributed by atoms with Crippen LogP contribution in [0.4, 0.5) is 0 Å². The number of benzene rings is 1. The standard InChI is InChI=1S/C12H16O4/c1-2-15-7-8-16-9-10-5-3-4-6-11(10)12(13)14/h3-6H,2,7-9H2,1H3,(H,13,14). The molecule has 0 fully saturated rings. The van der Waals surface area contributed by atoms with Crippen molar-refractivity contribution in [3.8, 4) is 0 Å². The van der Waals surface area contributed by atoms with E-state index in [1.165, 1.54) is 0 Å². The SMILES string of the molecule is CCOCCOCc1ccccc1C(=O)O. The van der Waals surface area contributed by atoms with Crippen LogP contribution >= 0.6 is 0 Å². The van der Waals surface area contributed by atoms with Gasteiger partial charge in [-0.2, -0.15) is 0 Å². The Bertz CT molecular complexity index is 336. The molecule has 1 aromatic carbocycles. The van der Waals surface area contributed by atoms with Crippen molar-refractivity contribution in [3.63, 3.8) is 0 Å². The lowest BCUT2D eigenvalue weighted by molar-refractivity contribution is 0.0444. The average Bonchev–Trinajstić information content (AvgIpc) is 2.29. The summed E-state index contributed by atoms with van der Waals surface area (Å²) < 4.78 is 10.4. The van der Waals surface area contributed by atoms with E-state index >= 15 is 0 Å². The molecule has 0 aliphatic heterocycles. The van der Waals surface area contributed by atoms with E-state index in [9.17, 15) is 4.79 Å². The minimum Gasteiger partial charge on any atom is -0.478 e. The van der Waals surface area contributed by atoms with Crippen LogP contribution in [0, 0.1) is 0 Å². The summed E-state index contributed by atoms with van der Waals surface area (Å²) in [6.45, 7) is 3.89. The number of carboxylic acid groups (broad SMARTS) is 1. The fraction of sp³-hybridized carbons (Fsp3) is 0.417. The summed E-state index contributed by atoms with van der Waals surface area (Å²) in [5.41, 5.74) is 0.977. The maximum absolute atomic E-state index is 10.9. The third-order valence-corrected chi connectivity index (χ3v) is 2.08. The molecular formula is C12H16O4. The zero-order valence-corrected chi connectivity index (χ0v) is 9.31. The molecule has 0 radical (unpaired) electrons. The van der Waals surface area contributed by atoms with Crippen LogP contribution in [-0.4, -0.2) is 30.9 Å². The Morgan fingerprint density at radius 3 is 2.62 bits per heavy atom. The van der Waals surface area contributed by atoms with E-state index in [1.807, 2.05) is 6.92 Å². The zero-order valence-electron chi connectivity index (χ0n) is 9.31. The zero-order chi connectivity index (χ0) is 11.8. The first-order valence-electron chi connectivity index (χ1n) is 5.22. The average molecular weight is 224 g/mol. The van der Waals surface area contributed by atoms with Crippen molar-refractivity contribution in [2.24, 2.45) is 0 Å². The highest BCUT2D eigenvalue weighted by atomic mass is 16.5. The molecule has 0 amide bonds. The second-order valence-corrected chi connectivity index (χ2v) is 3.21. The Kier molecular flexibility index (Phi) is 5.53. The van der Waals surface area contributed by atoms with Gasteiger partial charge in [-0.3, -0.25) is 0 Å². The Morgan fingerprint density at radius 2 is 1.94 bits per heavy atom. The second-order valence-electron chi connectivity index (χ2n) is 3.21. The van der Waals surface area contributed by atoms with Gasteiger partial charge in [-0.1, -0.05) is 18.2 Å². The van der Waals surface area contributed by atoms with Gasteiger partial charge in [0.1, 0.15) is 0 Å². The van der Waals surface area contributed by atoms with E-state index in [0.717, 1.165) is 0 Å². The number of rotatable bonds is 7. The van der Waals surface area contributed by atoms with E-state index in [-0.39, 0.29) is 0 Å². The number of hydrogen-bond donors (Lipinski definition) is 1. The molecule has 0 saturated heterocycles. The third kappa shape index (κ3) is 4.00. The number of ether oxygens (including phenoxy) is 2. The molecule has 88 valence electrons. The van der Waals surface area contributed by atoms with Crippen LogP contribution in [0.2, 0.25) is 0 Å². The summed E-state index contributed by atoms with van der Waals surface area (Å²) in [5.74, 6) is -0.927. The van der Waals surface area contributed by atoms with Crippen molar-refractivity contribution >= 4 is 5.97 Å². The van der Waals surface area contributed by atoms with Gasteiger partial charge < -0.3 is 14.6 Å². The largest absolute Gasteiger partial charge is 0.478 e. The molecular weight excluding hydrogens is 208 g/mol. The fourth-order valence-corrected chi connectivity index (χ4v) is 1.30. The Labute approximate surface area is 94.8 Å². The summed E-state index contributed by atoms with van der Waals surface area (Å²) >= 11 is 0. The summed E-state index contributed by atoms with van der Waals surface area (Å²) in [6.07, 6.45) is 0. The normalized spacial score (nSPS) is 10.3. The van der Waals surface area contributed by atoms with E-state index < -0.39 is 5.97 Å². The van der Waals surface area contributed by atoms with Crippen LogP contribution in [0.5, 0.6) is 0 Å². The van der Waals surface area contributed by atoms with Crippen LogP contribution in [-0.2, 0) is 16.1 Å². The monoisotopic (exact) mass is 224 g/mol. The molecule has 0 aliphatic rings. The Morgan fingerprint density at radius 1 is 1.25 bits per heavy atom. The molecule has 1 rings (SSSR count). The maximum Gasteiger partial charge on any atom is 0.336 e. The van der Waals surface area contributed by atoms with Crippen molar-refractivity contribution in [3.05, 3.63) is 35.4 Å². The lowest BCUT2D eigenvalue weighted by Gasteiger charge is -2.07. The van der Waals surface area contributed by atoms with Crippen molar-refractivity contribution < 1.29 is 19.4 Å². The van der Waals surface area contributed by atoms with Crippen molar-refractivity contribution in [2.75, 3.05) is 19.8 Å². The Hall–Kier alpha value is -1.39. The first kappa shape index (κ1) is 12.7. The first-order chi connectivity index (χ1) is 7.75. The van der Waals surface area contributed by atoms with Crippen LogP contribution < -0.4 is 0 Å². The molecule has 0 spiro atoms. The molecule has 1 N–H and O–H groups in total. The van der Waals surface area contributed by atoms with Crippen LogP contribution in [0.3, 0.4) is 0 Å². The summed E-state index contributed by atoms with van der Waals surface area (Å²) in [7, 11) is 0. The highest BCUT2D eigenvalue weighted by molar-refractivity contribution is 5.89. The third-order valence-electron chi connectivity index (χ3n) is 2.08. The number of hydrogen-bond acceptors (Lipinski definition) is 3. The molecule has 0 bridgehead atoms. The number of aromatic carboxylic acids is 1. The second kappa shape index (κ2) is 6.98. The van der Waals surface area contributed by atoms with Gasteiger partial charge in [-0.25, -0.2) is 4.79 Å². The maximum atomic E-state index is 10.9. The predicted octanol–water partition coefficient (Wildman–Crippen LogP) is 1.94. The van der Waals surface area contributed by atoms with E-state index in [2.05, 4.69) is 0 Å². The van der Waals surface area contributed by atoms with E-state index in [4.69, 9.17) is 14.6 Å². The number of carboxylic acids is 1. The van der Waals surface area contributed by atoms with Gasteiger partial charge >= 0.3 is 5.97 Å². The minimum atomic E-state index is -0.927. The highest BCUT2D eigenvalue weighted by Crippen LogP contribution is 2.09.